The van der Waals surface area contributed by atoms with E-state index in [4.69, 9.17) is 4.74 Å². The maximum absolute atomic E-state index is 13.8. The molecular formula is C17H19BrFNO. The Morgan fingerprint density at radius 1 is 1.19 bits per heavy atom. The lowest BCUT2D eigenvalue weighted by molar-refractivity contribution is 0.404. The number of hydrogen-bond donors (Lipinski definition) is 1. The van der Waals surface area contributed by atoms with Crippen molar-refractivity contribution in [1.82, 2.24) is 5.32 Å². The van der Waals surface area contributed by atoms with Crippen LogP contribution in [-0.4, -0.2) is 14.2 Å². The number of hydrogen-bond acceptors (Lipinski definition) is 2. The number of benzene rings is 2. The van der Waals surface area contributed by atoms with Crippen molar-refractivity contribution in [1.29, 1.82) is 0 Å². The Hall–Kier alpha value is -1.39. The third-order valence-corrected chi connectivity index (χ3v) is 4.21. The van der Waals surface area contributed by atoms with Crippen LogP contribution in [0.15, 0.2) is 34.8 Å². The van der Waals surface area contributed by atoms with Gasteiger partial charge < -0.3 is 10.1 Å². The molecule has 0 amide bonds. The third kappa shape index (κ3) is 3.27. The molecule has 2 rings (SSSR count). The van der Waals surface area contributed by atoms with Crippen LogP contribution in [0, 0.1) is 19.7 Å². The van der Waals surface area contributed by atoms with Crippen LogP contribution in [-0.2, 0) is 0 Å². The summed E-state index contributed by atoms with van der Waals surface area (Å²) < 4.78 is 19.8. The molecule has 0 fully saturated rings. The van der Waals surface area contributed by atoms with Gasteiger partial charge in [-0.2, -0.15) is 0 Å². The summed E-state index contributed by atoms with van der Waals surface area (Å²) in [6.45, 7) is 4.08. The van der Waals surface area contributed by atoms with Gasteiger partial charge in [0.1, 0.15) is 11.6 Å². The molecule has 0 spiro atoms. The quantitative estimate of drug-likeness (QED) is 0.873. The largest absolute Gasteiger partial charge is 0.496 e. The maximum atomic E-state index is 13.8. The van der Waals surface area contributed by atoms with Crippen LogP contribution < -0.4 is 10.1 Å². The van der Waals surface area contributed by atoms with Crippen LogP contribution in [0.5, 0.6) is 5.75 Å². The average Bonchev–Trinajstić information content (AvgIpc) is 2.45. The fourth-order valence-electron chi connectivity index (χ4n) is 2.65. The Labute approximate surface area is 133 Å². The van der Waals surface area contributed by atoms with Gasteiger partial charge in [0.2, 0.25) is 0 Å². The van der Waals surface area contributed by atoms with Gasteiger partial charge in [-0.15, -0.1) is 0 Å². The van der Waals surface area contributed by atoms with Gasteiger partial charge in [0, 0.05) is 5.56 Å². The Bertz CT molecular complexity index is 657. The highest BCUT2D eigenvalue weighted by Gasteiger charge is 2.20. The maximum Gasteiger partial charge on any atom is 0.137 e. The lowest BCUT2D eigenvalue weighted by Crippen LogP contribution is -2.20. The van der Waals surface area contributed by atoms with E-state index in [1.165, 1.54) is 0 Å². The summed E-state index contributed by atoms with van der Waals surface area (Å²) in [5.41, 5.74) is 4.16. The second-order valence-corrected chi connectivity index (χ2v) is 5.95. The summed E-state index contributed by atoms with van der Waals surface area (Å²) in [5.74, 6) is 0.548. The van der Waals surface area contributed by atoms with Crippen molar-refractivity contribution in [3.63, 3.8) is 0 Å². The van der Waals surface area contributed by atoms with Gasteiger partial charge >= 0.3 is 0 Å². The molecule has 0 aromatic heterocycles. The topological polar surface area (TPSA) is 21.3 Å². The number of aryl methyl sites for hydroxylation is 2. The summed E-state index contributed by atoms with van der Waals surface area (Å²) in [5, 5.41) is 3.25. The first-order valence-electron chi connectivity index (χ1n) is 6.75. The molecule has 1 N–H and O–H groups in total. The van der Waals surface area contributed by atoms with Crippen LogP contribution in [0.3, 0.4) is 0 Å². The van der Waals surface area contributed by atoms with E-state index >= 15 is 0 Å². The summed E-state index contributed by atoms with van der Waals surface area (Å²) in [7, 11) is 3.52. The van der Waals surface area contributed by atoms with E-state index in [1.54, 1.807) is 19.2 Å². The van der Waals surface area contributed by atoms with E-state index in [1.807, 2.05) is 33.0 Å². The lowest BCUT2D eigenvalue weighted by atomic mass is 9.93. The molecule has 0 saturated heterocycles. The number of rotatable bonds is 4. The molecular weight excluding hydrogens is 333 g/mol. The van der Waals surface area contributed by atoms with Gasteiger partial charge in [0.25, 0.3) is 0 Å². The van der Waals surface area contributed by atoms with Crippen molar-refractivity contribution in [2.24, 2.45) is 0 Å². The van der Waals surface area contributed by atoms with E-state index in [0.29, 0.717) is 4.47 Å². The van der Waals surface area contributed by atoms with Crippen LogP contribution in [0.4, 0.5) is 4.39 Å². The summed E-state index contributed by atoms with van der Waals surface area (Å²) in [6, 6.07) is 9.17. The number of halogens is 2. The molecule has 0 aliphatic carbocycles. The highest BCUT2D eigenvalue weighted by molar-refractivity contribution is 9.10. The van der Waals surface area contributed by atoms with Crippen molar-refractivity contribution in [3.8, 4) is 5.75 Å². The molecule has 0 bridgehead atoms. The molecule has 0 aliphatic rings. The standard InChI is InChI=1S/C17H19BrFNO/c1-10-7-11(2)16(15(8-10)21-4)17(20-3)12-5-6-13(18)14(19)9-12/h5-9,17,20H,1-4H3. The van der Waals surface area contributed by atoms with Crippen molar-refractivity contribution >= 4 is 15.9 Å². The van der Waals surface area contributed by atoms with Gasteiger partial charge in [-0.25, -0.2) is 4.39 Å². The van der Waals surface area contributed by atoms with Gasteiger partial charge in [0.05, 0.1) is 17.6 Å². The first kappa shape index (κ1) is 16.0. The van der Waals surface area contributed by atoms with Gasteiger partial charge in [-0.05, 0) is 71.7 Å². The fourth-order valence-corrected chi connectivity index (χ4v) is 2.89. The predicted molar refractivity (Wildman–Crippen MR) is 87.5 cm³/mol. The van der Waals surface area contributed by atoms with Crippen molar-refractivity contribution in [2.75, 3.05) is 14.2 Å². The minimum Gasteiger partial charge on any atom is -0.496 e. The Kier molecular flexibility index (Phi) is 5.01. The molecule has 21 heavy (non-hydrogen) atoms. The fraction of sp³-hybridized carbons (Fsp3) is 0.294. The molecule has 0 saturated carbocycles. The van der Waals surface area contributed by atoms with Crippen LogP contribution in [0.2, 0.25) is 0 Å². The normalized spacial score (nSPS) is 12.3. The molecule has 1 unspecified atom stereocenters. The van der Waals surface area contributed by atoms with Crippen molar-refractivity contribution in [2.45, 2.75) is 19.9 Å². The number of methoxy groups -OCH3 is 1. The molecule has 4 heteroatoms. The first-order valence-corrected chi connectivity index (χ1v) is 7.54. The third-order valence-electron chi connectivity index (χ3n) is 3.57. The monoisotopic (exact) mass is 351 g/mol. The summed E-state index contributed by atoms with van der Waals surface area (Å²) in [6.07, 6.45) is 0. The highest BCUT2D eigenvalue weighted by atomic mass is 79.9. The zero-order valence-electron chi connectivity index (χ0n) is 12.6. The average molecular weight is 352 g/mol. The molecule has 0 radical (unpaired) electrons. The van der Waals surface area contributed by atoms with Crippen molar-refractivity contribution in [3.05, 3.63) is 62.9 Å². The minimum atomic E-state index is -0.267. The minimum absolute atomic E-state index is 0.122. The Morgan fingerprint density at radius 3 is 2.48 bits per heavy atom. The van der Waals surface area contributed by atoms with Gasteiger partial charge in [0.15, 0.2) is 0 Å². The predicted octanol–water partition coefficient (Wildman–Crippen LogP) is 4.52. The van der Waals surface area contributed by atoms with Gasteiger partial charge in [-0.1, -0.05) is 12.1 Å². The first-order chi connectivity index (χ1) is 9.97. The van der Waals surface area contributed by atoms with E-state index in [9.17, 15) is 4.39 Å². The summed E-state index contributed by atoms with van der Waals surface area (Å²) >= 11 is 3.19. The van der Waals surface area contributed by atoms with Crippen LogP contribution in [0.25, 0.3) is 0 Å². The second-order valence-electron chi connectivity index (χ2n) is 5.09. The SMILES string of the molecule is CNC(c1ccc(Br)c(F)c1)c1c(C)cc(C)cc1OC. The smallest absolute Gasteiger partial charge is 0.137 e. The molecule has 112 valence electrons. The van der Waals surface area contributed by atoms with E-state index in [-0.39, 0.29) is 11.9 Å². The number of nitrogens with one attached hydrogen (secondary N) is 1. The lowest BCUT2D eigenvalue weighted by Gasteiger charge is -2.23. The molecule has 2 aromatic rings. The molecule has 2 aromatic carbocycles. The van der Waals surface area contributed by atoms with Crippen molar-refractivity contribution < 1.29 is 9.13 Å². The Balaban J connectivity index is 2.58. The summed E-state index contributed by atoms with van der Waals surface area (Å²) in [4.78, 5) is 0. The zero-order chi connectivity index (χ0) is 15.6. The number of ether oxygens (including phenoxy) is 1. The van der Waals surface area contributed by atoms with E-state index < -0.39 is 0 Å². The molecule has 0 aliphatic heterocycles. The van der Waals surface area contributed by atoms with Crippen LogP contribution in [0.1, 0.15) is 28.3 Å². The molecule has 0 heterocycles. The highest BCUT2D eigenvalue weighted by Crippen LogP contribution is 2.34. The van der Waals surface area contributed by atoms with Gasteiger partial charge in [-0.3, -0.25) is 0 Å². The molecule has 1 atom stereocenters. The second kappa shape index (κ2) is 6.58. The Morgan fingerprint density at radius 2 is 1.90 bits per heavy atom. The van der Waals surface area contributed by atoms with E-state index in [0.717, 1.165) is 28.0 Å². The zero-order valence-corrected chi connectivity index (χ0v) is 14.2. The van der Waals surface area contributed by atoms with E-state index in [2.05, 4.69) is 27.3 Å². The molecule has 2 nitrogen and oxygen atoms in total. The van der Waals surface area contributed by atoms with Crippen LogP contribution >= 0.6 is 15.9 Å².